The van der Waals surface area contributed by atoms with Gasteiger partial charge in [-0.1, -0.05) is 45.5 Å². The number of aliphatic hydroxyl groups is 2. The number of pyridine rings is 1. The Bertz CT molecular complexity index is 2110. The van der Waals surface area contributed by atoms with Gasteiger partial charge >= 0.3 is 24.0 Å². The number of nitrogens with zero attached hydrogens (tertiary/aromatic N) is 1. The number of halogens is 1. The van der Waals surface area contributed by atoms with Crippen LogP contribution in [0.5, 0.6) is 0 Å². The van der Waals surface area contributed by atoms with Crippen LogP contribution >= 0.6 is 0 Å². The number of fused-ring (bicyclic) bond motifs is 8. The minimum atomic E-state index is -2.25. The van der Waals surface area contributed by atoms with Crippen molar-refractivity contribution in [3.8, 4) is 0 Å². The van der Waals surface area contributed by atoms with Gasteiger partial charge < -0.3 is 48.7 Å². The molecule has 7 rings (SSSR count). The van der Waals surface area contributed by atoms with Crippen LogP contribution in [0.15, 0.2) is 72.5 Å². The molecule has 2 saturated heterocycles. The lowest BCUT2D eigenvalue weighted by Crippen LogP contribution is -2.79. The molecule has 3 N–H and O–H groups in total. The molecular formula is C45H55FN2O13. The molecule has 1 aromatic carbocycles. The maximum atomic E-state index is 15.3. The highest BCUT2D eigenvalue weighted by atomic mass is 19.1. The van der Waals surface area contributed by atoms with Gasteiger partial charge in [-0.3, -0.25) is 9.78 Å². The molecule has 4 fully saturated rings. The lowest BCUT2D eigenvalue weighted by Gasteiger charge is -2.68. The summed E-state index contributed by atoms with van der Waals surface area (Å²) in [6.45, 7) is 17.1. The Labute approximate surface area is 353 Å². The summed E-state index contributed by atoms with van der Waals surface area (Å²) in [4.78, 5) is 58.7. The summed E-state index contributed by atoms with van der Waals surface area (Å²) in [5.41, 5.74) is -6.25. The van der Waals surface area contributed by atoms with Crippen molar-refractivity contribution in [3.05, 3.63) is 89.5 Å². The first-order valence-corrected chi connectivity index (χ1v) is 20.5. The van der Waals surface area contributed by atoms with Crippen LogP contribution in [0.4, 0.5) is 9.18 Å². The second-order valence-electron chi connectivity index (χ2n) is 18.5. The van der Waals surface area contributed by atoms with Crippen molar-refractivity contribution in [2.75, 3.05) is 6.61 Å². The Morgan fingerprint density at radius 1 is 1.07 bits per heavy atom. The molecule has 0 radical (unpaired) electrons. The van der Waals surface area contributed by atoms with E-state index in [1.165, 1.54) is 25.3 Å². The normalized spacial score (nSPS) is 34.6. The van der Waals surface area contributed by atoms with Crippen LogP contribution in [0.1, 0.15) is 96.7 Å². The third-order valence-corrected chi connectivity index (χ3v) is 13.3. The van der Waals surface area contributed by atoms with Crippen molar-refractivity contribution in [3.63, 3.8) is 0 Å². The van der Waals surface area contributed by atoms with E-state index in [0.29, 0.717) is 24.0 Å². The van der Waals surface area contributed by atoms with E-state index in [4.69, 9.17) is 33.2 Å². The van der Waals surface area contributed by atoms with Crippen LogP contribution < -0.4 is 5.32 Å². The fraction of sp³-hybridized carbons (Fsp3) is 0.578. The van der Waals surface area contributed by atoms with Crippen LogP contribution in [-0.4, -0.2) is 106 Å². The summed E-state index contributed by atoms with van der Waals surface area (Å²) in [6, 6.07) is 8.81. The average Bonchev–Trinajstić information content (AvgIpc) is 3.61. The molecule has 1 aromatic heterocycles. The zero-order chi connectivity index (χ0) is 44.4. The molecule has 61 heavy (non-hydrogen) atoms. The van der Waals surface area contributed by atoms with Gasteiger partial charge in [-0.25, -0.2) is 18.8 Å². The number of carbonyl (C=O) groups excluding carboxylic acids is 4. The summed E-state index contributed by atoms with van der Waals surface area (Å²) in [6.07, 6.45) is -6.26. The van der Waals surface area contributed by atoms with Crippen LogP contribution in [0.25, 0.3) is 0 Å². The number of hydrogen-bond donors (Lipinski definition) is 3. The highest BCUT2D eigenvalue weighted by Crippen LogP contribution is 2.66. The zero-order valence-corrected chi connectivity index (χ0v) is 35.6. The number of aliphatic hydroxyl groups excluding tert-OH is 1. The minimum absolute atomic E-state index is 0.0705. The third kappa shape index (κ3) is 7.53. The number of rotatable bonds is 9. The van der Waals surface area contributed by atoms with Gasteiger partial charge in [0.25, 0.3) is 0 Å². The first-order chi connectivity index (χ1) is 28.6. The summed E-state index contributed by atoms with van der Waals surface area (Å²) >= 11 is 0. The second-order valence-corrected chi connectivity index (χ2v) is 18.5. The summed E-state index contributed by atoms with van der Waals surface area (Å²) < 4.78 is 59.0. The van der Waals surface area contributed by atoms with Crippen molar-refractivity contribution in [2.24, 2.45) is 16.7 Å². The molecule has 0 spiro atoms. The standard InChI is InChI=1S/C45H55FN2O13/c1-10-29-57-34-30-23(2)27(56-39(52)33(50)32(31-26(46)17-14-20-47-31)48-40(53)61-41(4,5)6)21-45(54,42(30,7)8)37(59-38(51)25-15-12-11-13-16-25)35-43(9,36(34)58-29)19-18-28-44(35,22-55-28)60-24(3)49/h10-17,20,27-29,32-37,50,54H,1,18-19,21-22H2,2-9H3,(H,48,53)/t27-,28+,29+,32-,33+,34+,35-,36+,37-,43+,44-,45+/m0/s1. The SMILES string of the molecule is C=C[C@@H]1O[C@@H]2C3=C(C)[C@@H](OC(=O)[C@H](O)[C@@H](NC(=O)OC(C)(C)C)c4ncccc4F)C[C@@](O)([C@@H](OC(=O)c4ccccc4)[C@H]4[C@@](C)(CC[C@H]5OC[C@]54OC(C)=O)[C@@H]2O1)C3(C)C. The number of carbonyl (C=O) groups is 4. The van der Waals surface area contributed by atoms with E-state index in [1.807, 2.05) is 6.92 Å². The molecule has 2 bridgehead atoms. The third-order valence-electron chi connectivity index (χ3n) is 13.3. The fourth-order valence-electron chi connectivity index (χ4n) is 10.5. The molecular weight excluding hydrogens is 795 g/mol. The largest absolute Gasteiger partial charge is 0.456 e. The average molecular weight is 851 g/mol. The first kappa shape index (κ1) is 44.3. The van der Waals surface area contributed by atoms with Crippen LogP contribution in [0.3, 0.4) is 0 Å². The highest BCUT2D eigenvalue weighted by molar-refractivity contribution is 5.89. The van der Waals surface area contributed by atoms with Gasteiger partial charge in [0.1, 0.15) is 53.2 Å². The van der Waals surface area contributed by atoms with Crippen molar-refractivity contribution in [2.45, 2.75) is 140 Å². The van der Waals surface area contributed by atoms with E-state index in [-0.39, 0.29) is 12.2 Å². The van der Waals surface area contributed by atoms with Crippen molar-refractivity contribution >= 4 is 24.0 Å². The van der Waals surface area contributed by atoms with E-state index in [0.717, 1.165) is 6.07 Å². The van der Waals surface area contributed by atoms with Gasteiger partial charge in [0.05, 0.1) is 24.2 Å². The van der Waals surface area contributed by atoms with E-state index < -0.39 is 124 Å². The second kappa shape index (κ2) is 15.9. The topological polar surface area (TPSA) is 198 Å². The Morgan fingerprint density at radius 2 is 1.77 bits per heavy atom. The van der Waals surface area contributed by atoms with E-state index in [2.05, 4.69) is 16.9 Å². The van der Waals surface area contributed by atoms with Gasteiger partial charge in [0, 0.05) is 30.4 Å². The maximum absolute atomic E-state index is 15.3. The molecule has 330 valence electrons. The number of nitrogens with one attached hydrogen (secondary N) is 1. The van der Waals surface area contributed by atoms with Crippen molar-refractivity contribution in [1.82, 2.24) is 10.3 Å². The lowest BCUT2D eigenvalue weighted by molar-refractivity contribution is -0.345. The molecule has 3 heterocycles. The molecule has 2 aliphatic heterocycles. The molecule has 16 heteroatoms. The molecule has 15 nitrogen and oxygen atoms in total. The van der Waals surface area contributed by atoms with E-state index in [9.17, 15) is 29.4 Å². The summed E-state index contributed by atoms with van der Waals surface area (Å²) in [5.74, 6) is -4.61. The molecule has 0 unspecified atom stereocenters. The number of ether oxygens (including phenoxy) is 7. The molecule has 5 aliphatic rings. The van der Waals surface area contributed by atoms with Gasteiger partial charge in [0.15, 0.2) is 18.0 Å². The smallest absolute Gasteiger partial charge is 0.408 e. The molecule has 12 atom stereocenters. The monoisotopic (exact) mass is 850 g/mol. The fourth-order valence-corrected chi connectivity index (χ4v) is 10.5. The maximum Gasteiger partial charge on any atom is 0.408 e. The molecule has 2 aromatic rings. The van der Waals surface area contributed by atoms with Gasteiger partial charge in [-0.2, -0.15) is 0 Å². The lowest BCUT2D eigenvalue weighted by atomic mass is 9.45. The molecule has 2 saturated carbocycles. The number of alkyl carbamates (subject to hydrolysis) is 1. The minimum Gasteiger partial charge on any atom is -0.456 e. The Kier molecular flexibility index (Phi) is 11.5. The number of esters is 3. The van der Waals surface area contributed by atoms with Crippen molar-refractivity contribution < 1.29 is 66.9 Å². The van der Waals surface area contributed by atoms with Gasteiger partial charge in [-0.05, 0) is 82.0 Å². The van der Waals surface area contributed by atoms with Crippen molar-refractivity contribution in [1.29, 1.82) is 0 Å². The van der Waals surface area contributed by atoms with E-state index >= 15 is 4.39 Å². The Morgan fingerprint density at radius 3 is 2.38 bits per heavy atom. The zero-order valence-electron chi connectivity index (χ0n) is 35.6. The van der Waals surface area contributed by atoms with Crippen LogP contribution in [0.2, 0.25) is 0 Å². The molecule has 3 aliphatic carbocycles. The highest BCUT2D eigenvalue weighted by Gasteiger charge is 2.77. The number of amides is 1. The van der Waals surface area contributed by atoms with Crippen LogP contribution in [0, 0.1) is 22.6 Å². The first-order valence-electron chi connectivity index (χ1n) is 20.5. The Balaban J connectivity index is 1.37. The van der Waals surface area contributed by atoms with Crippen LogP contribution in [-0.2, 0) is 42.7 Å². The van der Waals surface area contributed by atoms with Gasteiger partial charge in [0.2, 0.25) is 0 Å². The summed E-state index contributed by atoms with van der Waals surface area (Å²) in [5, 5.41) is 27.8. The quantitative estimate of drug-likeness (QED) is 0.169. The summed E-state index contributed by atoms with van der Waals surface area (Å²) in [7, 11) is 0. The molecule has 1 amide bonds. The number of aromatic nitrogens is 1. The number of benzene rings is 1. The predicted molar refractivity (Wildman–Crippen MR) is 213 cm³/mol. The number of hydrogen-bond acceptors (Lipinski definition) is 14. The van der Waals surface area contributed by atoms with Gasteiger partial charge in [-0.15, -0.1) is 0 Å². The predicted octanol–water partition coefficient (Wildman–Crippen LogP) is 5.19. The Hall–Kier alpha value is -4.74. The van der Waals surface area contributed by atoms with E-state index in [1.54, 1.807) is 71.9 Å².